The molecule has 5 heteroatoms. The van der Waals surface area contributed by atoms with Gasteiger partial charge in [-0.15, -0.1) is 0 Å². The Hall–Kier alpha value is -2.58. The lowest BCUT2D eigenvalue weighted by Gasteiger charge is -2.03. The molecule has 0 atom stereocenters. The number of nitrogens with zero attached hydrogens (tertiary/aromatic N) is 2. The van der Waals surface area contributed by atoms with Gasteiger partial charge in [-0.2, -0.15) is 5.26 Å². The predicted molar refractivity (Wildman–Crippen MR) is 89.1 cm³/mol. The zero-order chi connectivity index (χ0) is 15.5. The smallest absolute Gasteiger partial charge is 0.152 e. The van der Waals surface area contributed by atoms with Gasteiger partial charge in [0.2, 0.25) is 0 Å². The van der Waals surface area contributed by atoms with Crippen LogP contribution in [0.5, 0.6) is 0 Å². The quantitative estimate of drug-likeness (QED) is 0.542. The Morgan fingerprint density at radius 3 is 2.59 bits per heavy atom. The number of rotatable bonds is 3. The number of imidazole rings is 1. The second kappa shape index (κ2) is 6.04. The standard InChI is InChI=1S/C17H12BrN3O/c18-12-7-5-11(6-8-12)9-16(22)13(10-19)17-20-14-3-1-2-4-15(14)21-17/h1-8,22H,9H2,(H,20,21). The van der Waals surface area contributed by atoms with Gasteiger partial charge in [0.15, 0.2) is 5.82 Å². The second-order valence-corrected chi connectivity index (χ2v) is 5.75. The summed E-state index contributed by atoms with van der Waals surface area (Å²) in [7, 11) is 0. The van der Waals surface area contributed by atoms with E-state index in [0.717, 1.165) is 21.1 Å². The number of hydrogen-bond acceptors (Lipinski definition) is 3. The van der Waals surface area contributed by atoms with Crippen LogP contribution in [0.4, 0.5) is 0 Å². The summed E-state index contributed by atoms with van der Waals surface area (Å²) < 4.78 is 0.970. The van der Waals surface area contributed by atoms with E-state index in [9.17, 15) is 10.4 Å². The first-order valence-corrected chi connectivity index (χ1v) is 7.48. The van der Waals surface area contributed by atoms with Crippen molar-refractivity contribution in [1.82, 2.24) is 9.97 Å². The van der Waals surface area contributed by atoms with Gasteiger partial charge >= 0.3 is 0 Å². The van der Waals surface area contributed by atoms with Crippen molar-refractivity contribution < 1.29 is 5.11 Å². The Bertz CT molecular complexity index is 855. The molecular weight excluding hydrogens is 342 g/mol. The third-order valence-electron chi connectivity index (χ3n) is 3.31. The van der Waals surface area contributed by atoms with Crippen LogP contribution in [0.25, 0.3) is 16.6 Å². The number of aromatic nitrogens is 2. The highest BCUT2D eigenvalue weighted by atomic mass is 79.9. The van der Waals surface area contributed by atoms with Crippen LogP contribution in [0, 0.1) is 11.3 Å². The molecule has 0 unspecified atom stereocenters. The molecule has 0 spiro atoms. The maximum atomic E-state index is 10.3. The van der Waals surface area contributed by atoms with Gasteiger partial charge in [-0.05, 0) is 29.8 Å². The van der Waals surface area contributed by atoms with Crippen LogP contribution in [-0.4, -0.2) is 15.1 Å². The van der Waals surface area contributed by atoms with Crippen LogP contribution in [0.3, 0.4) is 0 Å². The summed E-state index contributed by atoms with van der Waals surface area (Å²) in [5, 5.41) is 19.7. The third kappa shape index (κ3) is 2.87. The van der Waals surface area contributed by atoms with Gasteiger partial charge < -0.3 is 10.1 Å². The lowest BCUT2D eigenvalue weighted by atomic mass is 10.1. The van der Waals surface area contributed by atoms with Gasteiger partial charge in [-0.1, -0.05) is 40.2 Å². The van der Waals surface area contributed by atoms with Crippen molar-refractivity contribution in [2.24, 2.45) is 0 Å². The van der Waals surface area contributed by atoms with Crippen molar-refractivity contribution in [2.75, 3.05) is 0 Å². The van der Waals surface area contributed by atoms with Crippen molar-refractivity contribution in [3.05, 3.63) is 70.2 Å². The fourth-order valence-corrected chi connectivity index (χ4v) is 2.47. The molecule has 0 aliphatic carbocycles. The van der Waals surface area contributed by atoms with Crippen LogP contribution >= 0.6 is 15.9 Å². The maximum absolute atomic E-state index is 10.3. The average molecular weight is 354 g/mol. The second-order valence-electron chi connectivity index (χ2n) is 4.84. The number of aliphatic hydroxyl groups is 1. The number of benzene rings is 2. The van der Waals surface area contributed by atoms with Crippen LogP contribution < -0.4 is 0 Å². The molecule has 1 aromatic heterocycles. The Kier molecular flexibility index (Phi) is 3.94. The van der Waals surface area contributed by atoms with E-state index in [2.05, 4.69) is 25.9 Å². The molecule has 3 rings (SSSR count). The Morgan fingerprint density at radius 1 is 1.18 bits per heavy atom. The molecule has 0 bridgehead atoms. The number of aromatic amines is 1. The number of halogens is 1. The summed E-state index contributed by atoms with van der Waals surface area (Å²) in [5.74, 6) is 0.391. The number of para-hydroxylation sites is 2. The van der Waals surface area contributed by atoms with Gasteiger partial charge in [0.25, 0.3) is 0 Å². The minimum atomic E-state index is 0.00359. The summed E-state index contributed by atoms with van der Waals surface area (Å²) in [6, 6.07) is 17.1. The molecule has 2 aromatic carbocycles. The molecule has 1 heterocycles. The molecule has 3 aromatic rings. The summed E-state index contributed by atoms with van der Waals surface area (Å²) in [5.41, 5.74) is 2.69. The number of H-pyrrole nitrogens is 1. The summed E-state index contributed by atoms with van der Waals surface area (Å²) >= 11 is 3.37. The number of nitrogens with one attached hydrogen (secondary N) is 1. The molecule has 0 saturated carbocycles. The van der Waals surface area contributed by atoms with Crippen molar-refractivity contribution >= 4 is 32.5 Å². The largest absolute Gasteiger partial charge is 0.510 e. The first-order valence-electron chi connectivity index (χ1n) is 6.69. The Balaban J connectivity index is 1.97. The van der Waals surface area contributed by atoms with E-state index in [1.165, 1.54) is 0 Å². The van der Waals surface area contributed by atoms with E-state index in [1.54, 1.807) is 0 Å². The number of hydrogen-bond donors (Lipinski definition) is 2. The highest BCUT2D eigenvalue weighted by Crippen LogP contribution is 2.21. The van der Waals surface area contributed by atoms with E-state index in [1.807, 2.05) is 54.6 Å². The first-order chi connectivity index (χ1) is 10.7. The van der Waals surface area contributed by atoms with Gasteiger partial charge in [0.1, 0.15) is 17.4 Å². The van der Waals surface area contributed by atoms with Crippen molar-refractivity contribution in [3.63, 3.8) is 0 Å². The van der Waals surface area contributed by atoms with Gasteiger partial charge in [-0.3, -0.25) is 0 Å². The molecule has 0 fully saturated rings. The molecule has 4 nitrogen and oxygen atoms in total. The molecule has 0 saturated heterocycles. The highest BCUT2D eigenvalue weighted by Gasteiger charge is 2.13. The molecular formula is C17H12BrN3O. The van der Waals surface area contributed by atoms with Crippen molar-refractivity contribution in [3.8, 4) is 6.07 Å². The van der Waals surface area contributed by atoms with Crippen LogP contribution in [0.15, 0.2) is 58.8 Å². The van der Waals surface area contributed by atoms with Gasteiger partial charge in [0, 0.05) is 10.9 Å². The molecule has 0 aliphatic rings. The zero-order valence-corrected chi connectivity index (χ0v) is 13.1. The molecule has 2 N–H and O–H groups in total. The molecule has 22 heavy (non-hydrogen) atoms. The lowest BCUT2D eigenvalue weighted by molar-refractivity contribution is 0.402. The summed E-state index contributed by atoms with van der Waals surface area (Å²) in [6.45, 7) is 0. The SMILES string of the molecule is N#CC(=C(O)Cc1ccc(Br)cc1)c1nc2ccccc2[nH]1. The minimum absolute atomic E-state index is 0.00359. The van der Waals surface area contributed by atoms with Crippen LogP contribution in [0.2, 0.25) is 0 Å². The van der Waals surface area contributed by atoms with E-state index in [4.69, 9.17) is 0 Å². The summed E-state index contributed by atoms with van der Waals surface area (Å²) in [4.78, 5) is 7.42. The van der Waals surface area contributed by atoms with E-state index in [0.29, 0.717) is 5.82 Å². The Morgan fingerprint density at radius 2 is 1.91 bits per heavy atom. The van der Waals surface area contributed by atoms with Gasteiger partial charge in [-0.25, -0.2) is 4.98 Å². The minimum Gasteiger partial charge on any atom is -0.510 e. The number of nitriles is 1. The molecule has 0 amide bonds. The first kappa shape index (κ1) is 14.4. The zero-order valence-electron chi connectivity index (χ0n) is 11.5. The number of aliphatic hydroxyl groups excluding tert-OH is 1. The normalized spacial score (nSPS) is 12.0. The number of allylic oxidation sites excluding steroid dienone is 2. The molecule has 108 valence electrons. The molecule has 0 radical (unpaired) electrons. The topological polar surface area (TPSA) is 72.7 Å². The van der Waals surface area contributed by atoms with Crippen LogP contribution in [0.1, 0.15) is 11.4 Å². The van der Waals surface area contributed by atoms with Crippen LogP contribution in [-0.2, 0) is 6.42 Å². The average Bonchev–Trinajstić information content (AvgIpc) is 2.94. The Labute approximate surface area is 135 Å². The highest BCUT2D eigenvalue weighted by molar-refractivity contribution is 9.10. The van der Waals surface area contributed by atoms with E-state index < -0.39 is 0 Å². The molecule has 0 aliphatic heterocycles. The fraction of sp³-hybridized carbons (Fsp3) is 0.0588. The summed E-state index contributed by atoms with van der Waals surface area (Å²) in [6.07, 6.45) is 0.285. The van der Waals surface area contributed by atoms with E-state index in [-0.39, 0.29) is 17.8 Å². The van der Waals surface area contributed by atoms with Gasteiger partial charge in [0.05, 0.1) is 11.0 Å². The van der Waals surface area contributed by atoms with E-state index >= 15 is 0 Å². The maximum Gasteiger partial charge on any atom is 0.152 e. The van der Waals surface area contributed by atoms with Crippen molar-refractivity contribution in [2.45, 2.75) is 6.42 Å². The van der Waals surface area contributed by atoms with Crippen molar-refractivity contribution in [1.29, 1.82) is 5.26 Å². The monoisotopic (exact) mass is 353 g/mol. The number of fused-ring (bicyclic) bond motifs is 1. The lowest BCUT2D eigenvalue weighted by Crippen LogP contribution is -1.96. The fourth-order valence-electron chi connectivity index (χ4n) is 2.21. The third-order valence-corrected chi connectivity index (χ3v) is 3.84. The predicted octanol–water partition coefficient (Wildman–Crippen LogP) is 4.36.